The fourth-order valence-electron chi connectivity index (χ4n) is 3.41. The maximum Gasteiger partial charge on any atom is 0.226 e. The van der Waals surface area contributed by atoms with E-state index in [1.807, 2.05) is 55.1 Å². The molecule has 1 saturated heterocycles. The summed E-state index contributed by atoms with van der Waals surface area (Å²) in [7, 11) is 0. The van der Waals surface area contributed by atoms with Crippen LogP contribution in [0, 0.1) is 5.92 Å². The first-order chi connectivity index (χ1) is 14.5. The van der Waals surface area contributed by atoms with Gasteiger partial charge in [-0.15, -0.1) is 0 Å². The number of carbonyl (C=O) groups is 1. The summed E-state index contributed by atoms with van der Waals surface area (Å²) in [5, 5.41) is 7.18. The molecule has 6 nitrogen and oxygen atoms in total. The van der Waals surface area contributed by atoms with Gasteiger partial charge in [0.05, 0.1) is 28.7 Å². The number of hydrogen-bond acceptors (Lipinski definition) is 4. The average molecular weight is 441 g/mol. The molecule has 0 saturated carbocycles. The van der Waals surface area contributed by atoms with Gasteiger partial charge in [-0.05, 0) is 54.7 Å². The minimum Gasteiger partial charge on any atom is -0.467 e. The monoisotopic (exact) mass is 440 g/mol. The van der Waals surface area contributed by atoms with Crippen molar-refractivity contribution in [3.8, 4) is 0 Å². The second-order valence-corrected chi connectivity index (χ2v) is 8.11. The topological polar surface area (TPSA) is 70.4 Å². The van der Waals surface area contributed by atoms with Crippen molar-refractivity contribution in [1.29, 1.82) is 0 Å². The fourth-order valence-corrected chi connectivity index (χ4v) is 3.98. The van der Waals surface area contributed by atoms with Crippen LogP contribution in [0.5, 0.6) is 0 Å². The summed E-state index contributed by atoms with van der Waals surface area (Å²) < 4.78 is 5.74. The Morgan fingerprint density at radius 2 is 2.10 bits per heavy atom. The zero-order valence-corrected chi connectivity index (χ0v) is 18.1. The summed E-state index contributed by atoms with van der Waals surface area (Å²) in [5.74, 6) is 0.525. The van der Waals surface area contributed by atoms with Gasteiger partial charge in [0, 0.05) is 17.8 Å². The predicted octanol–water partition coefficient (Wildman–Crippen LogP) is 5.10. The highest BCUT2D eigenvalue weighted by Crippen LogP contribution is 2.42. The van der Waals surface area contributed by atoms with Crippen LogP contribution in [0.4, 0.5) is 11.4 Å². The van der Waals surface area contributed by atoms with Crippen LogP contribution in [0.3, 0.4) is 0 Å². The SMILES string of the molecule is CC(C)C(=O)Nc1ccc(N2C(=S)N[C@@H](c3ccccn3)[C@H]2c2ccco2)cc1Cl. The number of pyridine rings is 1. The molecule has 0 bridgehead atoms. The van der Waals surface area contributed by atoms with E-state index < -0.39 is 0 Å². The van der Waals surface area contributed by atoms with Crippen molar-refractivity contribution in [2.75, 3.05) is 10.2 Å². The van der Waals surface area contributed by atoms with Gasteiger partial charge in [-0.1, -0.05) is 31.5 Å². The Bertz CT molecular complexity index is 1060. The first kappa shape index (κ1) is 20.4. The van der Waals surface area contributed by atoms with Crippen LogP contribution >= 0.6 is 23.8 Å². The molecule has 2 aromatic heterocycles. The molecule has 30 heavy (non-hydrogen) atoms. The van der Waals surface area contributed by atoms with Gasteiger partial charge in [0.2, 0.25) is 5.91 Å². The molecular formula is C22H21ClN4O2S. The number of halogens is 1. The van der Waals surface area contributed by atoms with Gasteiger partial charge in [-0.25, -0.2) is 0 Å². The Morgan fingerprint density at radius 1 is 1.27 bits per heavy atom. The summed E-state index contributed by atoms with van der Waals surface area (Å²) in [6.45, 7) is 3.66. The zero-order chi connectivity index (χ0) is 21.3. The Kier molecular flexibility index (Phi) is 5.74. The summed E-state index contributed by atoms with van der Waals surface area (Å²) in [6.07, 6.45) is 3.40. The molecule has 1 aliphatic heterocycles. The van der Waals surface area contributed by atoms with Crippen LogP contribution in [0.1, 0.15) is 37.4 Å². The van der Waals surface area contributed by atoms with E-state index in [2.05, 4.69) is 15.6 Å². The first-order valence-electron chi connectivity index (χ1n) is 9.60. The highest BCUT2D eigenvalue weighted by Gasteiger charge is 2.42. The largest absolute Gasteiger partial charge is 0.467 e. The molecule has 2 atom stereocenters. The highest BCUT2D eigenvalue weighted by molar-refractivity contribution is 7.80. The van der Waals surface area contributed by atoms with Crippen molar-refractivity contribution >= 4 is 46.2 Å². The van der Waals surface area contributed by atoms with Crippen LogP contribution in [-0.2, 0) is 4.79 Å². The molecule has 2 N–H and O–H groups in total. The van der Waals surface area contributed by atoms with Crippen molar-refractivity contribution in [2.24, 2.45) is 5.92 Å². The van der Waals surface area contributed by atoms with E-state index in [0.29, 0.717) is 15.8 Å². The molecule has 0 spiro atoms. The molecular weight excluding hydrogens is 420 g/mol. The van der Waals surface area contributed by atoms with Crippen LogP contribution < -0.4 is 15.5 Å². The molecule has 8 heteroatoms. The molecule has 1 aromatic carbocycles. The van der Waals surface area contributed by atoms with Crippen molar-refractivity contribution in [1.82, 2.24) is 10.3 Å². The normalized spacial score (nSPS) is 18.5. The van der Waals surface area contributed by atoms with Crippen LogP contribution in [0.15, 0.2) is 65.4 Å². The molecule has 1 amide bonds. The van der Waals surface area contributed by atoms with E-state index >= 15 is 0 Å². The van der Waals surface area contributed by atoms with Gasteiger partial charge in [-0.3, -0.25) is 9.78 Å². The Balaban J connectivity index is 1.71. The number of nitrogens with zero attached hydrogens (tertiary/aromatic N) is 2. The van der Waals surface area contributed by atoms with Crippen molar-refractivity contribution in [3.05, 3.63) is 77.5 Å². The highest BCUT2D eigenvalue weighted by atomic mass is 35.5. The number of aromatic nitrogens is 1. The summed E-state index contributed by atoms with van der Waals surface area (Å²) in [6, 6.07) is 14.6. The predicted molar refractivity (Wildman–Crippen MR) is 122 cm³/mol. The number of hydrogen-bond donors (Lipinski definition) is 2. The van der Waals surface area contributed by atoms with E-state index in [4.69, 9.17) is 28.2 Å². The number of nitrogens with one attached hydrogen (secondary N) is 2. The van der Waals surface area contributed by atoms with E-state index in [9.17, 15) is 4.79 Å². The third kappa shape index (κ3) is 3.91. The van der Waals surface area contributed by atoms with E-state index in [-0.39, 0.29) is 23.9 Å². The number of benzene rings is 1. The number of anilines is 2. The number of thiocarbonyl (C=S) groups is 1. The van der Waals surface area contributed by atoms with Gasteiger partial charge in [0.1, 0.15) is 11.8 Å². The van der Waals surface area contributed by atoms with Crippen molar-refractivity contribution < 1.29 is 9.21 Å². The minimum atomic E-state index is -0.241. The Morgan fingerprint density at radius 3 is 2.73 bits per heavy atom. The summed E-state index contributed by atoms with van der Waals surface area (Å²) >= 11 is 12.2. The number of carbonyl (C=O) groups excluding carboxylic acids is 1. The lowest BCUT2D eigenvalue weighted by Crippen LogP contribution is -2.29. The lowest BCUT2D eigenvalue weighted by atomic mass is 10.0. The molecule has 0 radical (unpaired) electrons. The molecule has 0 aliphatic carbocycles. The summed E-state index contributed by atoms with van der Waals surface area (Å²) in [4.78, 5) is 18.5. The van der Waals surface area contributed by atoms with Gasteiger partial charge in [0.25, 0.3) is 0 Å². The van der Waals surface area contributed by atoms with Gasteiger partial charge in [-0.2, -0.15) is 0 Å². The fraction of sp³-hybridized carbons (Fsp3) is 0.227. The third-order valence-corrected chi connectivity index (χ3v) is 5.57. The minimum absolute atomic E-state index is 0.0910. The van der Waals surface area contributed by atoms with Crippen LogP contribution in [0.2, 0.25) is 5.02 Å². The number of amides is 1. The quantitative estimate of drug-likeness (QED) is 0.538. The lowest BCUT2D eigenvalue weighted by molar-refractivity contribution is -0.118. The lowest BCUT2D eigenvalue weighted by Gasteiger charge is -2.26. The second kappa shape index (κ2) is 8.45. The van der Waals surface area contributed by atoms with Gasteiger partial charge >= 0.3 is 0 Å². The maximum absolute atomic E-state index is 12.0. The van der Waals surface area contributed by atoms with Crippen molar-refractivity contribution in [2.45, 2.75) is 25.9 Å². The Labute approximate surface area is 185 Å². The molecule has 3 heterocycles. The molecule has 154 valence electrons. The van der Waals surface area contributed by atoms with Gasteiger partial charge < -0.3 is 20.0 Å². The smallest absolute Gasteiger partial charge is 0.226 e. The third-order valence-electron chi connectivity index (χ3n) is 4.95. The van der Waals surface area contributed by atoms with E-state index in [1.54, 1.807) is 24.6 Å². The van der Waals surface area contributed by atoms with Crippen LogP contribution in [0.25, 0.3) is 0 Å². The molecule has 1 fully saturated rings. The first-order valence-corrected chi connectivity index (χ1v) is 10.4. The molecule has 4 rings (SSSR count). The number of furan rings is 1. The van der Waals surface area contributed by atoms with Crippen LogP contribution in [-0.4, -0.2) is 16.0 Å². The maximum atomic E-state index is 12.0. The average Bonchev–Trinajstić information content (AvgIpc) is 3.37. The standard InChI is InChI=1S/C22H21ClN4O2S/c1-13(2)21(28)25-16-9-8-14(12-15(16)23)27-20(18-7-5-11-29-18)19(26-22(27)30)17-6-3-4-10-24-17/h3-13,19-20H,1-2H3,(H,25,28)(H,26,30)/t19-,20+/m0/s1. The van der Waals surface area contributed by atoms with Gasteiger partial charge in [0.15, 0.2) is 5.11 Å². The second-order valence-electron chi connectivity index (χ2n) is 7.32. The Hall–Kier alpha value is -2.90. The zero-order valence-electron chi connectivity index (χ0n) is 16.5. The molecule has 0 unspecified atom stereocenters. The van der Waals surface area contributed by atoms with Crippen molar-refractivity contribution in [3.63, 3.8) is 0 Å². The summed E-state index contributed by atoms with van der Waals surface area (Å²) in [5.41, 5.74) is 2.21. The van der Waals surface area contributed by atoms with E-state index in [1.165, 1.54) is 0 Å². The van der Waals surface area contributed by atoms with E-state index in [0.717, 1.165) is 17.1 Å². The molecule has 3 aromatic rings. The molecule has 1 aliphatic rings. The number of rotatable bonds is 5.